The van der Waals surface area contributed by atoms with Crippen LogP contribution in [0.5, 0.6) is 0 Å². The fourth-order valence-electron chi connectivity index (χ4n) is 1.15. The highest BCUT2D eigenvalue weighted by atomic mass is 79.9. The average molecular weight is 283 g/mol. The Labute approximate surface area is 102 Å². The van der Waals surface area contributed by atoms with Gasteiger partial charge in [-0.1, -0.05) is 28.1 Å². The minimum atomic E-state index is -0.427. The zero-order chi connectivity index (χ0) is 12.0. The maximum absolute atomic E-state index is 11.1. The molecule has 0 amide bonds. The van der Waals surface area contributed by atoms with Crippen molar-refractivity contribution in [2.45, 2.75) is 4.83 Å². The van der Waals surface area contributed by atoms with Crippen molar-refractivity contribution in [3.63, 3.8) is 0 Å². The number of carbonyl (C=O) groups is 1. The van der Waals surface area contributed by atoms with Crippen molar-refractivity contribution < 1.29 is 9.53 Å². The molecular weight excluding hydrogens is 272 g/mol. The molecule has 0 heterocycles. The molecule has 0 radical (unpaired) electrons. The number of nitriles is 1. The van der Waals surface area contributed by atoms with E-state index in [4.69, 9.17) is 5.26 Å². The lowest BCUT2D eigenvalue weighted by Crippen LogP contribution is -2.24. The number of esters is 1. The third kappa shape index (κ3) is 3.24. The predicted octanol–water partition coefficient (Wildman–Crippen LogP) is 1.91. The van der Waals surface area contributed by atoms with Crippen LogP contribution in [0.1, 0.15) is 5.56 Å². The number of ether oxygens (including phenoxy) is 1. The molecule has 0 saturated heterocycles. The first-order valence-electron chi connectivity index (χ1n) is 4.64. The second-order valence-corrected chi connectivity index (χ2v) is 4.13. The van der Waals surface area contributed by atoms with Crippen LogP contribution in [0.4, 0.5) is 5.69 Å². The molecule has 1 N–H and O–H groups in total. The zero-order valence-electron chi connectivity index (χ0n) is 8.74. The van der Waals surface area contributed by atoms with Crippen LogP contribution < -0.4 is 5.32 Å². The Balaban J connectivity index is 2.62. The van der Waals surface area contributed by atoms with E-state index < -0.39 is 4.83 Å². The van der Waals surface area contributed by atoms with Crippen molar-refractivity contribution in [2.75, 3.05) is 19.0 Å². The number of halogens is 1. The van der Waals surface area contributed by atoms with Crippen LogP contribution in [0.2, 0.25) is 0 Å². The van der Waals surface area contributed by atoms with Crippen molar-refractivity contribution in [2.24, 2.45) is 0 Å². The molecule has 16 heavy (non-hydrogen) atoms. The molecule has 0 aliphatic heterocycles. The van der Waals surface area contributed by atoms with E-state index in [0.717, 1.165) is 0 Å². The number of para-hydroxylation sites is 1. The van der Waals surface area contributed by atoms with Crippen LogP contribution in [-0.2, 0) is 9.53 Å². The number of benzene rings is 1. The Kier molecular flexibility index (Phi) is 4.80. The maximum atomic E-state index is 11.1. The summed E-state index contributed by atoms with van der Waals surface area (Å²) in [5.74, 6) is -0.345. The van der Waals surface area contributed by atoms with Gasteiger partial charge < -0.3 is 10.1 Å². The number of anilines is 1. The largest absolute Gasteiger partial charge is 0.468 e. The third-order valence-corrected chi connectivity index (χ3v) is 2.67. The number of nitrogens with one attached hydrogen (secondary N) is 1. The molecule has 0 aliphatic carbocycles. The number of hydrogen-bond donors (Lipinski definition) is 1. The molecule has 0 fully saturated rings. The van der Waals surface area contributed by atoms with Crippen LogP contribution in [0.15, 0.2) is 24.3 Å². The Morgan fingerprint density at radius 2 is 2.31 bits per heavy atom. The molecule has 1 aromatic rings. The summed E-state index contributed by atoms with van der Waals surface area (Å²) in [6.07, 6.45) is 0. The summed E-state index contributed by atoms with van der Waals surface area (Å²) < 4.78 is 4.57. The molecule has 0 aliphatic rings. The maximum Gasteiger partial charge on any atom is 0.321 e. The molecule has 1 unspecified atom stereocenters. The fourth-order valence-corrected chi connectivity index (χ4v) is 1.49. The van der Waals surface area contributed by atoms with Gasteiger partial charge in [0.1, 0.15) is 10.9 Å². The topological polar surface area (TPSA) is 62.1 Å². The van der Waals surface area contributed by atoms with Gasteiger partial charge >= 0.3 is 5.97 Å². The molecule has 5 heteroatoms. The van der Waals surface area contributed by atoms with Crippen molar-refractivity contribution in [1.82, 2.24) is 0 Å². The molecule has 0 bridgehead atoms. The third-order valence-electron chi connectivity index (χ3n) is 1.98. The number of nitrogens with zero attached hydrogens (tertiary/aromatic N) is 1. The van der Waals surface area contributed by atoms with E-state index in [9.17, 15) is 4.79 Å². The monoisotopic (exact) mass is 282 g/mol. The van der Waals surface area contributed by atoms with Crippen LogP contribution in [0, 0.1) is 11.3 Å². The van der Waals surface area contributed by atoms with Crippen LogP contribution in [-0.4, -0.2) is 24.5 Å². The number of carbonyl (C=O) groups excluding carboxylic acids is 1. The number of alkyl halides is 1. The summed E-state index contributed by atoms with van der Waals surface area (Å²) in [7, 11) is 1.33. The summed E-state index contributed by atoms with van der Waals surface area (Å²) in [5.41, 5.74) is 1.26. The first-order valence-corrected chi connectivity index (χ1v) is 5.55. The average Bonchev–Trinajstić information content (AvgIpc) is 2.35. The summed E-state index contributed by atoms with van der Waals surface area (Å²) in [4.78, 5) is 10.7. The molecule has 0 aromatic heterocycles. The zero-order valence-corrected chi connectivity index (χ0v) is 10.3. The van der Waals surface area contributed by atoms with E-state index >= 15 is 0 Å². The van der Waals surface area contributed by atoms with Gasteiger partial charge in [-0.3, -0.25) is 4.79 Å². The van der Waals surface area contributed by atoms with E-state index in [2.05, 4.69) is 32.1 Å². The van der Waals surface area contributed by atoms with Crippen molar-refractivity contribution in [1.29, 1.82) is 5.26 Å². The minimum Gasteiger partial charge on any atom is -0.468 e. The fraction of sp³-hybridized carbons (Fsp3) is 0.273. The Morgan fingerprint density at radius 1 is 1.62 bits per heavy atom. The summed E-state index contributed by atoms with van der Waals surface area (Å²) in [6, 6.07) is 9.18. The van der Waals surface area contributed by atoms with Gasteiger partial charge in [-0.2, -0.15) is 5.26 Å². The summed E-state index contributed by atoms with van der Waals surface area (Å²) >= 11 is 3.19. The van der Waals surface area contributed by atoms with Crippen molar-refractivity contribution in [3.05, 3.63) is 29.8 Å². The van der Waals surface area contributed by atoms with E-state index in [-0.39, 0.29) is 5.97 Å². The standard InChI is InChI=1S/C11H11BrN2O2/c1-16-11(15)9(12)7-14-10-5-3-2-4-8(10)6-13/h2-5,9,14H,7H2,1H3. The quantitative estimate of drug-likeness (QED) is 0.677. The van der Waals surface area contributed by atoms with Gasteiger partial charge in [0.05, 0.1) is 18.4 Å². The Hall–Kier alpha value is -1.54. The van der Waals surface area contributed by atoms with Gasteiger partial charge in [0.2, 0.25) is 0 Å². The lowest BCUT2D eigenvalue weighted by atomic mass is 10.2. The van der Waals surface area contributed by atoms with E-state index in [1.54, 1.807) is 18.2 Å². The summed E-state index contributed by atoms with van der Waals surface area (Å²) in [5, 5.41) is 11.9. The molecule has 0 saturated carbocycles. The van der Waals surface area contributed by atoms with Gasteiger partial charge in [-0.25, -0.2) is 0 Å². The summed E-state index contributed by atoms with van der Waals surface area (Å²) in [6.45, 7) is 0.366. The Bertz CT molecular complexity index is 415. The normalized spacial score (nSPS) is 11.3. The molecule has 1 rings (SSSR count). The van der Waals surface area contributed by atoms with Gasteiger partial charge in [-0.05, 0) is 12.1 Å². The molecule has 1 aromatic carbocycles. The lowest BCUT2D eigenvalue weighted by molar-refractivity contribution is -0.139. The molecule has 0 spiro atoms. The second-order valence-electron chi connectivity index (χ2n) is 3.03. The Morgan fingerprint density at radius 3 is 2.94 bits per heavy atom. The smallest absolute Gasteiger partial charge is 0.321 e. The molecular formula is C11H11BrN2O2. The van der Waals surface area contributed by atoms with Gasteiger partial charge in [0.25, 0.3) is 0 Å². The minimum absolute atomic E-state index is 0.345. The van der Waals surface area contributed by atoms with Gasteiger partial charge in [-0.15, -0.1) is 0 Å². The van der Waals surface area contributed by atoms with E-state index in [0.29, 0.717) is 17.8 Å². The molecule has 4 nitrogen and oxygen atoms in total. The lowest BCUT2D eigenvalue weighted by Gasteiger charge is -2.11. The highest BCUT2D eigenvalue weighted by Gasteiger charge is 2.14. The first-order chi connectivity index (χ1) is 7.69. The van der Waals surface area contributed by atoms with Crippen molar-refractivity contribution >= 4 is 27.6 Å². The van der Waals surface area contributed by atoms with Crippen LogP contribution >= 0.6 is 15.9 Å². The first kappa shape index (κ1) is 12.5. The predicted molar refractivity (Wildman–Crippen MR) is 64.4 cm³/mol. The second kappa shape index (κ2) is 6.13. The number of rotatable bonds is 4. The van der Waals surface area contributed by atoms with Crippen LogP contribution in [0.25, 0.3) is 0 Å². The number of methoxy groups -OCH3 is 1. The van der Waals surface area contributed by atoms with Gasteiger partial charge in [0, 0.05) is 6.54 Å². The molecule has 84 valence electrons. The molecule has 1 atom stereocenters. The van der Waals surface area contributed by atoms with Crippen molar-refractivity contribution in [3.8, 4) is 6.07 Å². The van der Waals surface area contributed by atoms with Crippen LogP contribution in [0.3, 0.4) is 0 Å². The highest BCUT2D eigenvalue weighted by molar-refractivity contribution is 9.10. The highest BCUT2D eigenvalue weighted by Crippen LogP contribution is 2.14. The van der Waals surface area contributed by atoms with Gasteiger partial charge in [0.15, 0.2) is 0 Å². The van der Waals surface area contributed by atoms with E-state index in [1.807, 2.05) is 6.07 Å². The van der Waals surface area contributed by atoms with E-state index in [1.165, 1.54) is 7.11 Å². The SMILES string of the molecule is COC(=O)C(Br)CNc1ccccc1C#N. The number of hydrogen-bond acceptors (Lipinski definition) is 4.